The number of hydrogen-bond donors (Lipinski definition) is 0. The lowest BCUT2D eigenvalue weighted by molar-refractivity contribution is 0.566. The van der Waals surface area contributed by atoms with Gasteiger partial charge in [0.05, 0.1) is 23.2 Å². The Bertz CT molecular complexity index is 585. The van der Waals surface area contributed by atoms with E-state index in [1.807, 2.05) is 18.2 Å². The van der Waals surface area contributed by atoms with Crippen molar-refractivity contribution in [2.75, 3.05) is 0 Å². The molecule has 19 heavy (non-hydrogen) atoms. The maximum Gasteiger partial charge on any atom is 0.0975 e. The van der Waals surface area contributed by atoms with Crippen LogP contribution >= 0.6 is 11.3 Å². The van der Waals surface area contributed by atoms with Gasteiger partial charge in [-0.3, -0.25) is 0 Å². The molecule has 1 heterocycles. The van der Waals surface area contributed by atoms with Gasteiger partial charge in [-0.15, -0.1) is 11.3 Å². The smallest absolute Gasteiger partial charge is 0.0975 e. The van der Waals surface area contributed by atoms with Crippen molar-refractivity contribution < 1.29 is 0 Å². The zero-order chi connectivity index (χ0) is 13.9. The first-order valence-corrected chi connectivity index (χ1v) is 7.22. The Hall–Kier alpha value is -1.66. The van der Waals surface area contributed by atoms with Crippen LogP contribution in [-0.2, 0) is 18.3 Å². The summed E-state index contributed by atoms with van der Waals surface area (Å²) in [5.41, 5.74) is 2.34. The summed E-state index contributed by atoms with van der Waals surface area (Å²) in [5, 5.41) is 10.0. The van der Waals surface area contributed by atoms with E-state index in [-0.39, 0.29) is 5.41 Å². The maximum atomic E-state index is 8.94. The molecule has 0 aliphatic carbocycles. The molecule has 1 aromatic carbocycles. The Morgan fingerprint density at radius 1 is 1.21 bits per heavy atom. The van der Waals surface area contributed by atoms with Gasteiger partial charge >= 0.3 is 0 Å². The van der Waals surface area contributed by atoms with Gasteiger partial charge < -0.3 is 0 Å². The average Bonchev–Trinajstić information content (AvgIpc) is 2.74. The molecule has 0 saturated carbocycles. The Balaban J connectivity index is 2.31. The van der Waals surface area contributed by atoms with Crippen LogP contribution in [0, 0.1) is 11.3 Å². The van der Waals surface area contributed by atoms with Crippen molar-refractivity contribution in [3.8, 4) is 6.07 Å². The summed E-state index contributed by atoms with van der Waals surface area (Å²) in [6.07, 6.45) is 1.30. The second-order valence-corrected chi connectivity index (χ2v) is 6.79. The molecule has 0 fully saturated rings. The second-order valence-electron chi connectivity index (χ2n) is 5.63. The fourth-order valence-electron chi connectivity index (χ4n) is 2.02. The number of nitriles is 1. The first-order chi connectivity index (χ1) is 9.00. The minimum absolute atomic E-state index is 0.00236. The zero-order valence-electron chi connectivity index (χ0n) is 11.6. The predicted molar refractivity (Wildman–Crippen MR) is 79.4 cm³/mol. The van der Waals surface area contributed by atoms with Gasteiger partial charge in [0.2, 0.25) is 0 Å². The van der Waals surface area contributed by atoms with Crippen molar-refractivity contribution in [1.82, 2.24) is 4.98 Å². The number of nitrogens with zero attached hydrogens (tertiary/aromatic N) is 2. The Kier molecular flexibility index (Phi) is 4.01. The standard InChI is InChI=1S/C16H18N2S/c1-16(2,3)15-13(9-10-17)19-14(18-15)11-12-7-5-4-6-8-12/h4-8H,9,11H2,1-3H3. The Labute approximate surface area is 118 Å². The average molecular weight is 270 g/mol. The molecule has 2 rings (SSSR count). The second kappa shape index (κ2) is 5.54. The summed E-state index contributed by atoms with van der Waals surface area (Å²) in [6, 6.07) is 12.6. The first kappa shape index (κ1) is 13.8. The van der Waals surface area contributed by atoms with E-state index in [2.05, 4.69) is 39.0 Å². The van der Waals surface area contributed by atoms with E-state index < -0.39 is 0 Å². The maximum absolute atomic E-state index is 8.94. The molecule has 2 nitrogen and oxygen atoms in total. The third-order valence-electron chi connectivity index (χ3n) is 2.89. The molecule has 0 atom stereocenters. The molecular formula is C16H18N2S. The fourth-order valence-corrected chi connectivity index (χ4v) is 3.27. The lowest BCUT2D eigenvalue weighted by atomic mass is 9.91. The molecule has 3 heteroatoms. The molecule has 0 saturated heterocycles. The van der Waals surface area contributed by atoms with Gasteiger partial charge in [0.15, 0.2) is 0 Å². The van der Waals surface area contributed by atoms with Gasteiger partial charge in [0.1, 0.15) is 0 Å². The van der Waals surface area contributed by atoms with Gasteiger partial charge in [0.25, 0.3) is 0 Å². The molecule has 0 aliphatic rings. The number of rotatable bonds is 3. The topological polar surface area (TPSA) is 36.7 Å². The summed E-state index contributed by atoms with van der Waals surface area (Å²) >= 11 is 1.67. The minimum Gasteiger partial charge on any atom is -0.245 e. The SMILES string of the molecule is CC(C)(C)c1nc(Cc2ccccc2)sc1CC#N. The molecule has 0 amide bonds. The van der Waals surface area contributed by atoms with Crippen LogP contribution in [0.15, 0.2) is 30.3 Å². The molecule has 0 aliphatic heterocycles. The molecule has 0 bridgehead atoms. The Morgan fingerprint density at radius 3 is 2.47 bits per heavy atom. The quantitative estimate of drug-likeness (QED) is 0.842. The van der Waals surface area contributed by atoms with E-state index in [9.17, 15) is 0 Å². The predicted octanol–water partition coefficient (Wildman–Crippen LogP) is 4.10. The number of hydrogen-bond acceptors (Lipinski definition) is 3. The van der Waals surface area contributed by atoms with Crippen molar-refractivity contribution >= 4 is 11.3 Å². The van der Waals surface area contributed by atoms with Crippen molar-refractivity contribution in [3.05, 3.63) is 51.5 Å². The van der Waals surface area contributed by atoms with E-state index in [0.29, 0.717) is 6.42 Å². The van der Waals surface area contributed by atoms with Crippen LogP contribution in [0.25, 0.3) is 0 Å². The van der Waals surface area contributed by atoms with Crippen LogP contribution in [0.3, 0.4) is 0 Å². The van der Waals surface area contributed by atoms with Crippen molar-refractivity contribution in [1.29, 1.82) is 5.26 Å². The number of thiazole rings is 1. The van der Waals surface area contributed by atoms with Crippen LogP contribution in [0.2, 0.25) is 0 Å². The highest BCUT2D eigenvalue weighted by molar-refractivity contribution is 7.11. The highest BCUT2D eigenvalue weighted by atomic mass is 32.1. The molecule has 98 valence electrons. The fraction of sp³-hybridized carbons (Fsp3) is 0.375. The highest BCUT2D eigenvalue weighted by Crippen LogP contribution is 2.30. The van der Waals surface area contributed by atoms with E-state index in [0.717, 1.165) is 22.0 Å². The summed E-state index contributed by atoms with van der Waals surface area (Å²) in [6.45, 7) is 6.44. The van der Waals surface area contributed by atoms with Crippen LogP contribution in [0.1, 0.15) is 41.9 Å². The molecule has 2 aromatic rings. The van der Waals surface area contributed by atoms with Crippen molar-refractivity contribution in [3.63, 3.8) is 0 Å². The molecule has 1 aromatic heterocycles. The number of benzene rings is 1. The monoisotopic (exact) mass is 270 g/mol. The van der Waals surface area contributed by atoms with Gasteiger partial charge in [0, 0.05) is 16.7 Å². The summed E-state index contributed by atoms with van der Waals surface area (Å²) in [4.78, 5) is 5.87. The largest absolute Gasteiger partial charge is 0.245 e. The third-order valence-corrected chi connectivity index (χ3v) is 3.95. The van der Waals surface area contributed by atoms with E-state index in [1.54, 1.807) is 11.3 Å². The lowest BCUT2D eigenvalue weighted by Crippen LogP contribution is -2.14. The highest BCUT2D eigenvalue weighted by Gasteiger charge is 2.22. The summed E-state index contributed by atoms with van der Waals surface area (Å²) in [5.74, 6) is 0. The third kappa shape index (κ3) is 3.42. The van der Waals surface area contributed by atoms with Gasteiger partial charge in [-0.05, 0) is 5.56 Å². The van der Waals surface area contributed by atoms with Crippen molar-refractivity contribution in [2.45, 2.75) is 39.0 Å². The summed E-state index contributed by atoms with van der Waals surface area (Å²) < 4.78 is 0. The number of aromatic nitrogens is 1. The molecular weight excluding hydrogens is 252 g/mol. The first-order valence-electron chi connectivity index (χ1n) is 6.40. The van der Waals surface area contributed by atoms with Crippen LogP contribution in [0.5, 0.6) is 0 Å². The van der Waals surface area contributed by atoms with E-state index in [4.69, 9.17) is 10.2 Å². The van der Waals surface area contributed by atoms with Gasteiger partial charge in [-0.25, -0.2) is 4.98 Å². The summed E-state index contributed by atoms with van der Waals surface area (Å²) in [7, 11) is 0. The Morgan fingerprint density at radius 2 is 1.89 bits per heavy atom. The lowest BCUT2D eigenvalue weighted by Gasteiger charge is -2.16. The van der Waals surface area contributed by atoms with Crippen LogP contribution in [0.4, 0.5) is 0 Å². The zero-order valence-corrected chi connectivity index (χ0v) is 12.4. The van der Waals surface area contributed by atoms with Gasteiger partial charge in [-0.2, -0.15) is 5.26 Å². The molecule has 0 unspecified atom stereocenters. The van der Waals surface area contributed by atoms with E-state index in [1.165, 1.54) is 5.56 Å². The molecule has 0 radical (unpaired) electrons. The van der Waals surface area contributed by atoms with E-state index >= 15 is 0 Å². The molecule has 0 spiro atoms. The van der Waals surface area contributed by atoms with Gasteiger partial charge in [-0.1, -0.05) is 51.1 Å². The van der Waals surface area contributed by atoms with Crippen LogP contribution < -0.4 is 0 Å². The normalized spacial score (nSPS) is 11.3. The van der Waals surface area contributed by atoms with Crippen LogP contribution in [-0.4, -0.2) is 4.98 Å². The molecule has 0 N–H and O–H groups in total. The van der Waals surface area contributed by atoms with Crippen molar-refractivity contribution in [2.24, 2.45) is 0 Å². The minimum atomic E-state index is -0.00236.